The fourth-order valence-corrected chi connectivity index (χ4v) is 2.23. The molecule has 0 radical (unpaired) electrons. The quantitative estimate of drug-likeness (QED) is 0.888. The Balaban J connectivity index is 1.89. The lowest BCUT2D eigenvalue weighted by Crippen LogP contribution is -2.32. The minimum atomic E-state index is -0.165. The van der Waals surface area contributed by atoms with E-state index >= 15 is 0 Å². The van der Waals surface area contributed by atoms with Crippen molar-refractivity contribution in [3.05, 3.63) is 65.2 Å². The number of hydrogen-bond acceptors (Lipinski definition) is 3. The Hall–Kier alpha value is -2.80. The molecular weight excluding hydrogens is 288 g/mol. The third kappa shape index (κ3) is 4.86. The zero-order valence-corrected chi connectivity index (χ0v) is 13.4. The molecule has 0 saturated carbocycles. The van der Waals surface area contributed by atoms with Gasteiger partial charge in [-0.05, 0) is 43.2 Å². The summed E-state index contributed by atoms with van der Waals surface area (Å²) in [7, 11) is 0. The number of amides is 1. The molecule has 1 amide bonds. The summed E-state index contributed by atoms with van der Waals surface area (Å²) >= 11 is 0. The second-order valence-corrected chi connectivity index (χ2v) is 5.36. The lowest BCUT2D eigenvalue weighted by atomic mass is 10.0. The van der Waals surface area contributed by atoms with Gasteiger partial charge in [-0.2, -0.15) is 5.26 Å². The molecule has 0 unspecified atom stereocenters. The van der Waals surface area contributed by atoms with E-state index in [0.717, 1.165) is 12.0 Å². The van der Waals surface area contributed by atoms with Crippen molar-refractivity contribution >= 4 is 5.91 Å². The van der Waals surface area contributed by atoms with E-state index in [0.29, 0.717) is 11.3 Å². The number of nitrogens with zero attached hydrogens (tertiary/aromatic N) is 1. The average Bonchev–Trinajstić information content (AvgIpc) is 2.59. The minimum Gasteiger partial charge on any atom is -0.484 e. The Morgan fingerprint density at radius 1 is 1.17 bits per heavy atom. The van der Waals surface area contributed by atoms with Gasteiger partial charge in [-0.15, -0.1) is 0 Å². The van der Waals surface area contributed by atoms with Crippen molar-refractivity contribution < 1.29 is 9.53 Å². The zero-order valence-electron chi connectivity index (χ0n) is 13.4. The first kappa shape index (κ1) is 16.6. The summed E-state index contributed by atoms with van der Waals surface area (Å²) in [5, 5.41) is 11.7. The van der Waals surface area contributed by atoms with Gasteiger partial charge in [-0.1, -0.05) is 36.8 Å². The zero-order chi connectivity index (χ0) is 16.7. The van der Waals surface area contributed by atoms with E-state index in [1.807, 2.05) is 44.2 Å². The lowest BCUT2D eigenvalue weighted by molar-refractivity contribution is -0.123. The molecule has 0 saturated heterocycles. The average molecular weight is 308 g/mol. The van der Waals surface area contributed by atoms with Crippen LogP contribution in [0.25, 0.3) is 0 Å². The van der Waals surface area contributed by atoms with Crippen LogP contribution in [0.5, 0.6) is 5.75 Å². The Bertz CT molecular complexity index is 685. The first-order valence-corrected chi connectivity index (χ1v) is 7.61. The fourth-order valence-electron chi connectivity index (χ4n) is 2.23. The number of aryl methyl sites for hydroxylation is 1. The van der Waals surface area contributed by atoms with Gasteiger partial charge in [0.25, 0.3) is 5.91 Å². The smallest absolute Gasteiger partial charge is 0.258 e. The largest absolute Gasteiger partial charge is 0.484 e. The summed E-state index contributed by atoms with van der Waals surface area (Å²) < 4.78 is 5.45. The van der Waals surface area contributed by atoms with Crippen LogP contribution in [-0.4, -0.2) is 12.5 Å². The first-order chi connectivity index (χ1) is 11.1. The van der Waals surface area contributed by atoms with E-state index in [-0.39, 0.29) is 18.6 Å². The van der Waals surface area contributed by atoms with Crippen LogP contribution in [0.15, 0.2) is 48.5 Å². The van der Waals surface area contributed by atoms with E-state index in [4.69, 9.17) is 10.00 Å². The van der Waals surface area contributed by atoms with Crippen molar-refractivity contribution in [2.24, 2.45) is 0 Å². The maximum atomic E-state index is 12.1. The van der Waals surface area contributed by atoms with Crippen LogP contribution in [0, 0.1) is 18.3 Å². The van der Waals surface area contributed by atoms with Crippen LogP contribution in [0.1, 0.15) is 36.1 Å². The number of hydrogen-bond donors (Lipinski definition) is 1. The minimum absolute atomic E-state index is 0.0207. The molecule has 1 N–H and O–H groups in total. The van der Waals surface area contributed by atoms with Crippen LogP contribution in [0.2, 0.25) is 0 Å². The summed E-state index contributed by atoms with van der Waals surface area (Å²) in [5.41, 5.74) is 2.84. The molecule has 4 nitrogen and oxygen atoms in total. The van der Waals surface area contributed by atoms with Gasteiger partial charge >= 0.3 is 0 Å². The van der Waals surface area contributed by atoms with E-state index in [1.54, 1.807) is 24.3 Å². The Morgan fingerprint density at radius 3 is 2.39 bits per heavy atom. The Kier molecular flexibility index (Phi) is 5.76. The molecule has 1 atom stereocenters. The topological polar surface area (TPSA) is 62.1 Å². The molecule has 4 heteroatoms. The highest BCUT2D eigenvalue weighted by atomic mass is 16.5. The molecule has 0 aliphatic rings. The number of ether oxygens (including phenoxy) is 1. The third-order valence-corrected chi connectivity index (χ3v) is 3.58. The van der Waals surface area contributed by atoms with Crippen LogP contribution >= 0.6 is 0 Å². The maximum absolute atomic E-state index is 12.1. The molecule has 0 aliphatic carbocycles. The molecule has 0 aromatic heterocycles. The molecule has 2 aromatic carbocycles. The molecule has 0 aliphatic heterocycles. The van der Waals surface area contributed by atoms with Crippen LogP contribution in [0.4, 0.5) is 0 Å². The van der Waals surface area contributed by atoms with Gasteiger partial charge in [-0.3, -0.25) is 4.79 Å². The van der Waals surface area contributed by atoms with Crippen molar-refractivity contribution in [2.75, 3.05) is 6.61 Å². The number of benzene rings is 2. The van der Waals surface area contributed by atoms with Crippen LogP contribution in [0.3, 0.4) is 0 Å². The molecule has 0 fully saturated rings. The van der Waals surface area contributed by atoms with Gasteiger partial charge in [0, 0.05) is 0 Å². The summed E-state index contributed by atoms with van der Waals surface area (Å²) in [5.74, 6) is 0.407. The van der Waals surface area contributed by atoms with E-state index < -0.39 is 0 Å². The second-order valence-electron chi connectivity index (χ2n) is 5.36. The van der Waals surface area contributed by atoms with E-state index in [1.165, 1.54) is 5.56 Å². The van der Waals surface area contributed by atoms with Gasteiger partial charge in [0.1, 0.15) is 5.75 Å². The van der Waals surface area contributed by atoms with Crippen molar-refractivity contribution in [3.63, 3.8) is 0 Å². The van der Waals surface area contributed by atoms with E-state index in [9.17, 15) is 4.79 Å². The van der Waals surface area contributed by atoms with Crippen molar-refractivity contribution in [1.29, 1.82) is 5.26 Å². The molecule has 0 heterocycles. The normalized spacial score (nSPS) is 11.3. The molecule has 0 spiro atoms. The SMILES string of the molecule is CC[C@H](NC(=O)COc1ccc(C#N)cc1)c1ccc(C)cc1. The fraction of sp³-hybridized carbons (Fsp3) is 0.263. The number of nitrogens with one attached hydrogen (secondary N) is 1. The van der Waals surface area contributed by atoms with Gasteiger partial charge in [0.15, 0.2) is 6.61 Å². The number of carbonyl (C=O) groups is 1. The van der Waals surface area contributed by atoms with Crippen LogP contribution in [-0.2, 0) is 4.79 Å². The monoisotopic (exact) mass is 308 g/mol. The van der Waals surface area contributed by atoms with Gasteiger partial charge in [0.2, 0.25) is 0 Å². The first-order valence-electron chi connectivity index (χ1n) is 7.61. The predicted molar refractivity (Wildman–Crippen MR) is 89.0 cm³/mol. The summed E-state index contributed by atoms with van der Waals surface area (Å²) in [6, 6.07) is 16.9. The maximum Gasteiger partial charge on any atom is 0.258 e. The number of nitriles is 1. The highest BCUT2D eigenvalue weighted by Gasteiger charge is 2.13. The van der Waals surface area contributed by atoms with E-state index in [2.05, 4.69) is 5.32 Å². The van der Waals surface area contributed by atoms with Crippen molar-refractivity contribution in [2.45, 2.75) is 26.3 Å². The summed E-state index contributed by atoms with van der Waals surface area (Å²) in [6.07, 6.45) is 0.811. The van der Waals surface area contributed by atoms with Gasteiger partial charge < -0.3 is 10.1 Å². The van der Waals surface area contributed by atoms with Crippen molar-refractivity contribution in [1.82, 2.24) is 5.32 Å². The second kappa shape index (κ2) is 8.00. The number of rotatable bonds is 6. The lowest BCUT2D eigenvalue weighted by Gasteiger charge is -2.18. The summed E-state index contributed by atoms with van der Waals surface area (Å²) in [6.45, 7) is 4.02. The molecule has 0 bridgehead atoms. The molecule has 2 aromatic rings. The third-order valence-electron chi connectivity index (χ3n) is 3.58. The summed E-state index contributed by atoms with van der Waals surface area (Å²) in [4.78, 5) is 12.1. The standard InChI is InChI=1S/C19H20N2O2/c1-3-18(16-8-4-14(2)5-9-16)21-19(22)13-23-17-10-6-15(12-20)7-11-17/h4-11,18H,3,13H2,1-2H3,(H,21,22)/t18-/m0/s1. The van der Waals surface area contributed by atoms with Gasteiger partial charge in [-0.25, -0.2) is 0 Å². The highest BCUT2D eigenvalue weighted by molar-refractivity contribution is 5.78. The van der Waals surface area contributed by atoms with Gasteiger partial charge in [0.05, 0.1) is 17.7 Å². The molecule has 23 heavy (non-hydrogen) atoms. The van der Waals surface area contributed by atoms with Crippen molar-refractivity contribution in [3.8, 4) is 11.8 Å². The molecular formula is C19H20N2O2. The molecule has 2 rings (SSSR count). The molecule has 118 valence electrons. The highest BCUT2D eigenvalue weighted by Crippen LogP contribution is 2.17. The Labute approximate surface area is 136 Å². The number of carbonyl (C=O) groups excluding carboxylic acids is 1. The van der Waals surface area contributed by atoms with Crippen LogP contribution < -0.4 is 10.1 Å². The Morgan fingerprint density at radius 2 is 1.83 bits per heavy atom. The predicted octanol–water partition coefficient (Wildman–Crippen LogP) is 3.51.